The summed E-state index contributed by atoms with van der Waals surface area (Å²) >= 11 is 0. The summed E-state index contributed by atoms with van der Waals surface area (Å²) in [5.41, 5.74) is 6.14. The van der Waals surface area contributed by atoms with Crippen LogP contribution in [0, 0.1) is 31.6 Å². The van der Waals surface area contributed by atoms with Gasteiger partial charge in [0.2, 0.25) is 0 Å². The maximum absolute atomic E-state index is 12.9. The lowest BCUT2D eigenvalue weighted by Crippen LogP contribution is -2.32. The molecule has 2 aliphatic rings. The monoisotopic (exact) mass is 522 g/mol. The van der Waals surface area contributed by atoms with E-state index in [1.807, 2.05) is 56.3 Å². The Morgan fingerprint density at radius 2 is 1.51 bits per heavy atom. The van der Waals surface area contributed by atoms with Gasteiger partial charge in [0.25, 0.3) is 11.8 Å². The van der Waals surface area contributed by atoms with E-state index >= 15 is 0 Å². The summed E-state index contributed by atoms with van der Waals surface area (Å²) in [6.45, 7) is 8.59. The van der Waals surface area contributed by atoms with E-state index in [-0.39, 0.29) is 17.2 Å². The molecular weight excluding hydrogens is 480 g/mol. The van der Waals surface area contributed by atoms with Crippen molar-refractivity contribution in [1.82, 2.24) is 0 Å². The second kappa shape index (κ2) is 11.4. The van der Waals surface area contributed by atoms with Gasteiger partial charge in [-0.1, -0.05) is 69.4 Å². The number of anilines is 2. The fourth-order valence-electron chi connectivity index (χ4n) is 6.81. The van der Waals surface area contributed by atoms with Crippen LogP contribution >= 0.6 is 0 Å². The summed E-state index contributed by atoms with van der Waals surface area (Å²) in [7, 11) is 0. The van der Waals surface area contributed by atoms with Crippen molar-refractivity contribution in [3.05, 3.63) is 94.5 Å². The molecule has 2 fully saturated rings. The molecule has 39 heavy (non-hydrogen) atoms. The number of aryl methyl sites for hydroxylation is 2. The highest BCUT2D eigenvalue weighted by molar-refractivity contribution is 6.06. The van der Waals surface area contributed by atoms with Crippen LogP contribution in [0.3, 0.4) is 0 Å². The van der Waals surface area contributed by atoms with Crippen molar-refractivity contribution < 1.29 is 9.59 Å². The molecule has 4 heteroatoms. The number of fused-ring (bicyclic) bond motifs is 1. The number of nitrogens with one attached hydrogen (secondary N) is 2. The first-order valence-electron chi connectivity index (χ1n) is 14.6. The van der Waals surface area contributed by atoms with Gasteiger partial charge in [0.05, 0.1) is 0 Å². The summed E-state index contributed by atoms with van der Waals surface area (Å²) in [6, 6.07) is 21.1. The van der Waals surface area contributed by atoms with E-state index < -0.39 is 0 Å². The van der Waals surface area contributed by atoms with Gasteiger partial charge in [0.15, 0.2) is 0 Å². The molecule has 0 radical (unpaired) electrons. The molecular formula is C35H42N2O2. The fraction of sp³-hybridized carbons (Fsp3) is 0.429. The molecule has 2 aliphatic carbocycles. The molecule has 2 N–H and O–H groups in total. The minimum absolute atomic E-state index is 0.102. The van der Waals surface area contributed by atoms with Crippen molar-refractivity contribution in [3.8, 4) is 0 Å². The standard InChI is InChI=1S/C35H42N2O2/c1-23-10-19-31(24(2)21-23)34(39)37-30-17-15-29(16-18-30)36-33(38)25-11-13-28(14-12-25)35(3,4)20-6-8-27-22-26-7-5-9-32(26)27/h10-19,21,26-27,32H,5-9,20,22H2,1-4H3,(H,36,38)(H,37,39). The second-order valence-electron chi connectivity index (χ2n) is 12.5. The maximum atomic E-state index is 12.9. The third-order valence-electron chi connectivity index (χ3n) is 9.26. The Bertz CT molecular complexity index is 1320. The molecule has 2 saturated carbocycles. The maximum Gasteiger partial charge on any atom is 0.255 e. The number of carbonyl (C=O) groups excluding carboxylic acids is 2. The summed E-state index contributed by atoms with van der Waals surface area (Å²) in [5.74, 6) is 2.78. The van der Waals surface area contributed by atoms with Gasteiger partial charge in [0.1, 0.15) is 0 Å². The Balaban J connectivity index is 1.11. The molecule has 0 spiro atoms. The molecule has 0 aliphatic heterocycles. The lowest BCUT2D eigenvalue weighted by Gasteiger charge is -2.41. The van der Waals surface area contributed by atoms with Gasteiger partial charge in [-0.05, 0) is 110 Å². The van der Waals surface area contributed by atoms with Gasteiger partial charge in [-0.2, -0.15) is 0 Å². The lowest BCUT2D eigenvalue weighted by molar-refractivity contribution is 0.0909. The normalized spacial score (nSPS) is 20.2. The van der Waals surface area contributed by atoms with Crippen LogP contribution in [-0.4, -0.2) is 11.8 Å². The molecule has 0 heterocycles. The Labute approximate surface area is 233 Å². The van der Waals surface area contributed by atoms with Crippen LogP contribution in [0.1, 0.15) is 96.2 Å². The van der Waals surface area contributed by atoms with Gasteiger partial charge < -0.3 is 10.6 Å². The predicted octanol–water partition coefficient (Wildman–Crippen LogP) is 8.69. The van der Waals surface area contributed by atoms with Gasteiger partial charge >= 0.3 is 0 Å². The molecule has 5 rings (SSSR count). The fourth-order valence-corrected chi connectivity index (χ4v) is 6.81. The van der Waals surface area contributed by atoms with Crippen molar-refractivity contribution in [1.29, 1.82) is 0 Å². The van der Waals surface area contributed by atoms with Crippen LogP contribution in [0.5, 0.6) is 0 Å². The third-order valence-corrected chi connectivity index (χ3v) is 9.26. The van der Waals surface area contributed by atoms with Gasteiger partial charge in [-0.3, -0.25) is 9.59 Å². The molecule has 0 bridgehead atoms. The van der Waals surface area contributed by atoms with Crippen LogP contribution in [0.15, 0.2) is 66.7 Å². The summed E-state index contributed by atoms with van der Waals surface area (Å²) in [4.78, 5) is 25.5. The predicted molar refractivity (Wildman–Crippen MR) is 161 cm³/mol. The topological polar surface area (TPSA) is 58.2 Å². The van der Waals surface area contributed by atoms with E-state index in [4.69, 9.17) is 0 Å². The highest BCUT2D eigenvalue weighted by Crippen LogP contribution is 2.53. The number of amides is 2. The Kier molecular flexibility index (Phi) is 7.93. The van der Waals surface area contributed by atoms with E-state index in [9.17, 15) is 9.59 Å². The molecule has 0 aromatic heterocycles. The van der Waals surface area contributed by atoms with Crippen LogP contribution < -0.4 is 10.6 Å². The first kappa shape index (κ1) is 27.2. The van der Waals surface area contributed by atoms with Gasteiger partial charge in [-0.15, -0.1) is 0 Å². The molecule has 4 nitrogen and oxygen atoms in total. The number of carbonyl (C=O) groups is 2. The zero-order chi connectivity index (χ0) is 27.6. The van der Waals surface area contributed by atoms with Crippen LogP contribution in [0.25, 0.3) is 0 Å². The lowest BCUT2D eigenvalue weighted by atomic mass is 9.64. The zero-order valence-electron chi connectivity index (χ0n) is 23.8. The molecule has 204 valence electrons. The molecule has 3 aromatic rings. The summed E-state index contributed by atoms with van der Waals surface area (Å²) in [5, 5.41) is 5.91. The first-order chi connectivity index (χ1) is 18.7. The average molecular weight is 523 g/mol. The van der Waals surface area contributed by atoms with Crippen molar-refractivity contribution in [3.63, 3.8) is 0 Å². The molecule has 2 amide bonds. The van der Waals surface area contributed by atoms with E-state index in [1.54, 1.807) is 12.1 Å². The Hall–Kier alpha value is -3.40. The van der Waals surface area contributed by atoms with E-state index in [1.165, 1.54) is 50.5 Å². The number of rotatable bonds is 9. The highest BCUT2D eigenvalue weighted by Gasteiger charge is 2.42. The summed E-state index contributed by atoms with van der Waals surface area (Å²) < 4.78 is 0. The largest absolute Gasteiger partial charge is 0.322 e. The second-order valence-corrected chi connectivity index (χ2v) is 12.5. The third kappa shape index (κ3) is 6.27. The van der Waals surface area contributed by atoms with E-state index in [0.29, 0.717) is 22.5 Å². The number of hydrogen-bond donors (Lipinski definition) is 2. The van der Waals surface area contributed by atoms with Crippen molar-refractivity contribution >= 4 is 23.2 Å². The minimum atomic E-state index is -0.141. The smallest absolute Gasteiger partial charge is 0.255 e. The van der Waals surface area contributed by atoms with Crippen molar-refractivity contribution in [2.24, 2.45) is 17.8 Å². The minimum Gasteiger partial charge on any atom is -0.322 e. The molecule has 3 atom stereocenters. The van der Waals surface area contributed by atoms with E-state index in [2.05, 4.69) is 36.6 Å². The molecule has 3 aromatic carbocycles. The SMILES string of the molecule is Cc1ccc(C(=O)Nc2ccc(NC(=O)c3ccc(C(C)(C)CCCC4CC5CCCC54)cc3)cc2)c(C)c1. The van der Waals surface area contributed by atoms with Gasteiger partial charge in [0, 0.05) is 22.5 Å². The summed E-state index contributed by atoms with van der Waals surface area (Å²) in [6.07, 6.45) is 9.71. The Morgan fingerprint density at radius 3 is 2.15 bits per heavy atom. The van der Waals surface area contributed by atoms with E-state index in [0.717, 1.165) is 28.9 Å². The van der Waals surface area contributed by atoms with Crippen molar-refractivity contribution in [2.75, 3.05) is 10.6 Å². The quantitative estimate of drug-likeness (QED) is 0.295. The van der Waals surface area contributed by atoms with Crippen LogP contribution in [-0.2, 0) is 5.41 Å². The zero-order valence-corrected chi connectivity index (χ0v) is 23.8. The number of benzene rings is 3. The molecule has 3 unspecified atom stereocenters. The number of hydrogen-bond acceptors (Lipinski definition) is 2. The highest BCUT2D eigenvalue weighted by atomic mass is 16.2. The van der Waals surface area contributed by atoms with Crippen molar-refractivity contribution in [2.45, 2.75) is 78.1 Å². The Morgan fingerprint density at radius 1 is 0.846 bits per heavy atom. The van der Waals surface area contributed by atoms with Gasteiger partial charge in [-0.25, -0.2) is 0 Å². The first-order valence-corrected chi connectivity index (χ1v) is 14.6. The molecule has 0 saturated heterocycles. The van der Waals surface area contributed by atoms with Crippen LogP contribution in [0.2, 0.25) is 0 Å². The van der Waals surface area contributed by atoms with Crippen LogP contribution in [0.4, 0.5) is 11.4 Å². The average Bonchev–Trinajstić information content (AvgIpc) is 3.28.